The standard InChI is InChI=1S/C18H17N7O2/c1-10-7-20-18(21-14-9-24(3)23-11(14)2)22-16(10)13-8-19-17-12(13)5-4-6-15(17)25(26)27/h4-9,19H,1-3H3,(H,20,21,22). The van der Waals surface area contributed by atoms with E-state index in [9.17, 15) is 10.1 Å². The summed E-state index contributed by atoms with van der Waals surface area (Å²) >= 11 is 0. The molecule has 3 aromatic heterocycles. The summed E-state index contributed by atoms with van der Waals surface area (Å²) in [7, 11) is 1.85. The number of non-ortho nitro benzene ring substituents is 1. The normalized spacial score (nSPS) is 11.1. The van der Waals surface area contributed by atoms with Crippen molar-refractivity contribution in [1.29, 1.82) is 0 Å². The van der Waals surface area contributed by atoms with E-state index in [0.717, 1.165) is 27.9 Å². The van der Waals surface area contributed by atoms with Crippen LogP contribution in [0, 0.1) is 24.0 Å². The van der Waals surface area contributed by atoms with E-state index in [1.807, 2.05) is 33.2 Å². The Labute approximate surface area is 154 Å². The number of rotatable bonds is 4. The zero-order valence-electron chi connectivity index (χ0n) is 15.0. The molecule has 0 saturated heterocycles. The van der Waals surface area contributed by atoms with Crippen LogP contribution in [0.5, 0.6) is 0 Å². The van der Waals surface area contributed by atoms with Crippen LogP contribution in [0.15, 0.2) is 36.8 Å². The Morgan fingerprint density at radius 1 is 1.30 bits per heavy atom. The first-order chi connectivity index (χ1) is 12.9. The molecule has 27 heavy (non-hydrogen) atoms. The molecule has 4 rings (SSSR count). The highest BCUT2D eigenvalue weighted by Crippen LogP contribution is 2.34. The van der Waals surface area contributed by atoms with E-state index < -0.39 is 4.92 Å². The van der Waals surface area contributed by atoms with Crippen molar-refractivity contribution in [3.63, 3.8) is 0 Å². The molecule has 3 heterocycles. The molecule has 9 heteroatoms. The number of benzene rings is 1. The molecular formula is C18H17N7O2. The lowest BCUT2D eigenvalue weighted by molar-refractivity contribution is -0.383. The molecule has 2 N–H and O–H groups in total. The van der Waals surface area contributed by atoms with Crippen LogP contribution in [-0.4, -0.2) is 29.7 Å². The molecule has 0 unspecified atom stereocenters. The number of aromatic nitrogens is 5. The predicted molar refractivity (Wildman–Crippen MR) is 102 cm³/mol. The van der Waals surface area contributed by atoms with Gasteiger partial charge in [-0.15, -0.1) is 0 Å². The highest BCUT2D eigenvalue weighted by Gasteiger charge is 2.18. The SMILES string of the molecule is Cc1cnc(Nc2cn(C)nc2C)nc1-c1c[nH]c2c([N+](=O)[O-])cccc12. The fourth-order valence-electron chi connectivity index (χ4n) is 3.10. The summed E-state index contributed by atoms with van der Waals surface area (Å²) in [4.78, 5) is 22.9. The molecule has 0 saturated carbocycles. The van der Waals surface area contributed by atoms with Gasteiger partial charge in [-0.05, 0) is 19.4 Å². The average molecular weight is 363 g/mol. The lowest BCUT2D eigenvalue weighted by Crippen LogP contribution is -2.00. The summed E-state index contributed by atoms with van der Waals surface area (Å²) < 4.78 is 1.71. The predicted octanol–water partition coefficient (Wildman–Crippen LogP) is 3.63. The van der Waals surface area contributed by atoms with Gasteiger partial charge in [0.25, 0.3) is 5.69 Å². The van der Waals surface area contributed by atoms with E-state index in [4.69, 9.17) is 0 Å². The number of nitrogens with zero attached hydrogens (tertiary/aromatic N) is 5. The lowest BCUT2D eigenvalue weighted by atomic mass is 10.1. The first-order valence-corrected chi connectivity index (χ1v) is 8.30. The van der Waals surface area contributed by atoms with Gasteiger partial charge in [-0.3, -0.25) is 14.8 Å². The number of anilines is 2. The molecule has 0 spiro atoms. The molecule has 0 aliphatic heterocycles. The second-order valence-corrected chi connectivity index (χ2v) is 6.31. The minimum Gasteiger partial charge on any atom is -0.355 e. The fraction of sp³-hybridized carbons (Fsp3) is 0.167. The summed E-state index contributed by atoms with van der Waals surface area (Å²) in [6.07, 6.45) is 5.33. The molecule has 4 aromatic rings. The third kappa shape index (κ3) is 2.88. The summed E-state index contributed by atoms with van der Waals surface area (Å²) in [5.74, 6) is 0.437. The fourth-order valence-corrected chi connectivity index (χ4v) is 3.10. The Kier molecular flexibility index (Phi) is 3.84. The van der Waals surface area contributed by atoms with E-state index in [2.05, 4.69) is 25.4 Å². The number of nitro benzene ring substituents is 1. The van der Waals surface area contributed by atoms with E-state index >= 15 is 0 Å². The topological polar surface area (TPSA) is 115 Å². The van der Waals surface area contributed by atoms with Gasteiger partial charge in [0, 0.05) is 42.7 Å². The van der Waals surface area contributed by atoms with E-state index in [0.29, 0.717) is 17.2 Å². The first kappa shape index (κ1) is 16.7. The molecule has 0 radical (unpaired) electrons. The van der Waals surface area contributed by atoms with Crippen molar-refractivity contribution in [3.05, 3.63) is 58.2 Å². The average Bonchev–Trinajstić information content (AvgIpc) is 3.19. The van der Waals surface area contributed by atoms with Crippen molar-refractivity contribution in [2.75, 3.05) is 5.32 Å². The first-order valence-electron chi connectivity index (χ1n) is 8.30. The van der Waals surface area contributed by atoms with Gasteiger partial charge in [-0.2, -0.15) is 5.10 Å². The Morgan fingerprint density at radius 3 is 2.81 bits per heavy atom. The highest BCUT2D eigenvalue weighted by atomic mass is 16.6. The number of fused-ring (bicyclic) bond motifs is 1. The van der Waals surface area contributed by atoms with Crippen LogP contribution in [0.4, 0.5) is 17.3 Å². The maximum absolute atomic E-state index is 11.3. The molecule has 0 aliphatic rings. The molecule has 0 bridgehead atoms. The zero-order valence-corrected chi connectivity index (χ0v) is 15.0. The van der Waals surface area contributed by atoms with Gasteiger partial charge in [0.15, 0.2) is 0 Å². The van der Waals surface area contributed by atoms with Crippen LogP contribution in [0.1, 0.15) is 11.3 Å². The van der Waals surface area contributed by atoms with Gasteiger partial charge < -0.3 is 10.3 Å². The van der Waals surface area contributed by atoms with Crippen molar-refractivity contribution < 1.29 is 4.92 Å². The summed E-state index contributed by atoms with van der Waals surface area (Å²) in [6, 6.07) is 4.99. The van der Waals surface area contributed by atoms with Gasteiger partial charge >= 0.3 is 0 Å². The maximum atomic E-state index is 11.3. The molecule has 0 amide bonds. The summed E-state index contributed by atoms with van der Waals surface area (Å²) in [6.45, 7) is 3.81. The Bertz CT molecular complexity index is 1180. The summed E-state index contributed by atoms with van der Waals surface area (Å²) in [5.41, 5.74) is 4.55. The summed E-state index contributed by atoms with van der Waals surface area (Å²) in [5, 5.41) is 19.5. The van der Waals surface area contributed by atoms with E-state index in [1.165, 1.54) is 6.07 Å². The smallest absolute Gasteiger partial charge is 0.293 e. The van der Waals surface area contributed by atoms with Gasteiger partial charge in [-0.1, -0.05) is 12.1 Å². The van der Waals surface area contributed by atoms with Gasteiger partial charge in [-0.25, -0.2) is 9.97 Å². The van der Waals surface area contributed by atoms with Crippen LogP contribution < -0.4 is 5.32 Å². The number of aryl methyl sites for hydroxylation is 3. The molecule has 0 atom stereocenters. The van der Waals surface area contributed by atoms with Gasteiger partial charge in [0.2, 0.25) is 5.95 Å². The Balaban J connectivity index is 1.80. The molecule has 136 valence electrons. The molecule has 9 nitrogen and oxygen atoms in total. The number of nitrogens with one attached hydrogen (secondary N) is 2. The second kappa shape index (κ2) is 6.20. The number of H-pyrrole nitrogens is 1. The second-order valence-electron chi connectivity index (χ2n) is 6.31. The maximum Gasteiger partial charge on any atom is 0.293 e. The van der Waals surface area contributed by atoms with Crippen molar-refractivity contribution in [1.82, 2.24) is 24.7 Å². The van der Waals surface area contributed by atoms with Crippen LogP contribution in [0.25, 0.3) is 22.2 Å². The van der Waals surface area contributed by atoms with Crippen molar-refractivity contribution >= 4 is 28.2 Å². The van der Waals surface area contributed by atoms with Crippen LogP contribution in [0.3, 0.4) is 0 Å². The van der Waals surface area contributed by atoms with Crippen molar-refractivity contribution in [3.8, 4) is 11.3 Å². The largest absolute Gasteiger partial charge is 0.355 e. The quantitative estimate of drug-likeness (QED) is 0.423. The van der Waals surface area contributed by atoms with Crippen LogP contribution in [-0.2, 0) is 7.05 Å². The third-order valence-electron chi connectivity index (χ3n) is 4.38. The third-order valence-corrected chi connectivity index (χ3v) is 4.38. The number of hydrogen-bond acceptors (Lipinski definition) is 6. The number of aromatic amines is 1. The molecule has 0 fully saturated rings. The molecule has 0 aliphatic carbocycles. The minimum absolute atomic E-state index is 0.0368. The van der Waals surface area contributed by atoms with Crippen LogP contribution >= 0.6 is 0 Å². The van der Waals surface area contributed by atoms with Gasteiger partial charge in [0.05, 0.1) is 22.0 Å². The Hall–Kier alpha value is -3.75. The minimum atomic E-state index is -0.395. The van der Waals surface area contributed by atoms with E-state index in [1.54, 1.807) is 23.1 Å². The number of nitro groups is 1. The van der Waals surface area contributed by atoms with Crippen molar-refractivity contribution in [2.45, 2.75) is 13.8 Å². The monoisotopic (exact) mass is 363 g/mol. The van der Waals surface area contributed by atoms with E-state index in [-0.39, 0.29) is 5.69 Å². The lowest BCUT2D eigenvalue weighted by Gasteiger charge is -2.08. The highest BCUT2D eigenvalue weighted by molar-refractivity contribution is 5.99. The van der Waals surface area contributed by atoms with Gasteiger partial charge in [0.1, 0.15) is 5.52 Å². The zero-order chi connectivity index (χ0) is 19.1. The number of para-hydroxylation sites is 1. The van der Waals surface area contributed by atoms with Crippen molar-refractivity contribution in [2.24, 2.45) is 7.05 Å². The van der Waals surface area contributed by atoms with Crippen LogP contribution in [0.2, 0.25) is 0 Å². The number of hydrogen-bond donors (Lipinski definition) is 2. The molecular weight excluding hydrogens is 346 g/mol. The Morgan fingerprint density at radius 2 is 2.11 bits per heavy atom. The molecule has 1 aromatic carbocycles.